The first-order valence-electron chi connectivity index (χ1n) is 8.11. The van der Waals surface area contributed by atoms with Crippen LogP contribution in [0.15, 0.2) is 23.1 Å². The number of nitrogens with two attached hydrogens (primary N) is 1. The maximum atomic E-state index is 12.5. The van der Waals surface area contributed by atoms with Gasteiger partial charge in [0.05, 0.1) is 4.90 Å². The van der Waals surface area contributed by atoms with Gasteiger partial charge in [-0.2, -0.15) is 0 Å². The largest absolute Gasteiger partial charge is 0.329 e. The Morgan fingerprint density at radius 2 is 2.13 bits per heavy atom. The summed E-state index contributed by atoms with van der Waals surface area (Å²) in [6.45, 7) is 2.34. The predicted molar refractivity (Wildman–Crippen MR) is 90.7 cm³/mol. The fraction of sp³-hybridized carbons (Fsp3) is 0.562. The summed E-state index contributed by atoms with van der Waals surface area (Å²) in [5.41, 5.74) is 7.23. The summed E-state index contributed by atoms with van der Waals surface area (Å²) < 4.78 is 27.8. The molecule has 0 aromatic heterocycles. The van der Waals surface area contributed by atoms with Crippen LogP contribution in [-0.2, 0) is 21.2 Å². The van der Waals surface area contributed by atoms with Crippen LogP contribution in [-0.4, -0.2) is 26.9 Å². The van der Waals surface area contributed by atoms with Crippen LogP contribution in [0.5, 0.6) is 0 Å². The lowest BCUT2D eigenvalue weighted by Crippen LogP contribution is -2.40. The van der Waals surface area contributed by atoms with E-state index in [2.05, 4.69) is 17.0 Å². The molecule has 1 aromatic carbocycles. The number of anilines is 1. The van der Waals surface area contributed by atoms with Crippen molar-refractivity contribution in [3.05, 3.63) is 23.8 Å². The molecule has 1 amide bonds. The summed E-state index contributed by atoms with van der Waals surface area (Å²) >= 11 is 0. The molecule has 0 aliphatic carbocycles. The highest BCUT2D eigenvalue weighted by molar-refractivity contribution is 7.89. The Balaban J connectivity index is 2.19. The second-order valence-corrected chi connectivity index (χ2v) is 7.63. The van der Waals surface area contributed by atoms with Crippen LogP contribution >= 0.6 is 0 Å². The predicted octanol–water partition coefficient (Wildman–Crippen LogP) is 1.76. The molecule has 1 atom stereocenters. The quantitative estimate of drug-likeness (QED) is 0.704. The van der Waals surface area contributed by atoms with E-state index in [-0.39, 0.29) is 23.4 Å². The lowest BCUT2D eigenvalue weighted by atomic mass is 10.1. The molecule has 0 bridgehead atoms. The number of sulfonamides is 1. The highest BCUT2D eigenvalue weighted by atomic mass is 32.2. The van der Waals surface area contributed by atoms with Gasteiger partial charge in [0.25, 0.3) is 0 Å². The number of benzene rings is 1. The highest BCUT2D eigenvalue weighted by Crippen LogP contribution is 2.25. The van der Waals surface area contributed by atoms with E-state index in [1.54, 1.807) is 12.1 Å². The number of aryl methyl sites for hydroxylation is 1. The molecular formula is C16H25N3O3S. The minimum atomic E-state index is -3.60. The molecule has 2 rings (SSSR count). The standard InChI is InChI=1S/C16H25N3O3S/c1-2-3-6-13(11-17)19-23(21,22)14-8-9-15-12(10-14)5-4-7-16(20)18-15/h8-10,13,19H,2-7,11,17H2,1H3,(H,18,20). The molecule has 0 saturated carbocycles. The van der Waals surface area contributed by atoms with Crippen LogP contribution in [0, 0.1) is 0 Å². The van der Waals surface area contributed by atoms with E-state index >= 15 is 0 Å². The van der Waals surface area contributed by atoms with Crippen molar-refractivity contribution < 1.29 is 13.2 Å². The van der Waals surface area contributed by atoms with Crippen LogP contribution in [0.1, 0.15) is 44.6 Å². The van der Waals surface area contributed by atoms with E-state index in [1.165, 1.54) is 6.07 Å². The minimum absolute atomic E-state index is 0.0276. The smallest absolute Gasteiger partial charge is 0.240 e. The third-order valence-electron chi connectivity index (χ3n) is 4.02. The average molecular weight is 339 g/mol. The topological polar surface area (TPSA) is 101 Å². The minimum Gasteiger partial charge on any atom is -0.329 e. The van der Waals surface area contributed by atoms with Crippen molar-refractivity contribution in [1.29, 1.82) is 0 Å². The Bertz CT molecular complexity index is 659. The molecule has 7 heteroatoms. The summed E-state index contributed by atoms with van der Waals surface area (Å²) in [6, 6.07) is 4.59. The first-order valence-corrected chi connectivity index (χ1v) is 9.59. The van der Waals surface area contributed by atoms with Crippen LogP contribution in [0.3, 0.4) is 0 Å². The van der Waals surface area contributed by atoms with Gasteiger partial charge in [0.15, 0.2) is 0 Å². The van der Waals surface area contributed by atoms with Crippen LogP contribution < -0.4 is 15.8 Å². The van der Waals surface area contributed by atoms with Crippen molar-refractivity contribution in [2.24, 2.45) is 5.73 Å². The SMILES string of the molecule is CCCCC(CN)NS(=O)(=O)c1ccc2c(c1)CCCC(=O)N2. The molecular weight excluding hydrogens is 314 g/mol. The van der Waals surface area contributed by atoms with Gasteiger partial charge in [-0.05, 0) is 43.0 Å². The number of carbonyl (C=O) groups is 1. The average Bonchev–Trinajstić information content (AvgIpc) is 2.71. The molecule has 1 aliphatic heterocycles. The Morgan fingerprint density at radius 3 is 2.83 bits per heavy atom. The molecule has 1 aromatic rings. The van der Waals surface area contributed by atoms with Gasteiger partial charge < -0.3 is 11.1 Å². The molecule has 0 radical (unpaired) electrons. The summed E-state index contributed by atoms with van der Waals surface area (Å²) in [5.74, 6) is -0.0276. The highest BCUT2D eigenvalue weighted by Gasteiger charge is 2.21. The van der Waals surface area contributed by atoms with E-state index in [0.717, 1.165) is 31.2 Å². The maximum Gasteiger partial charge on any atom is 0.240 e. The number of rotatable bonds is 7. The lowest BCUT2D eigenvalue weighted by Gasteiger charge is -2.17. The molecule has 6 nitrogen and oxygen atoms in total. The van der Waals surface area contributed by atoms with E-state index in [1.807, 2.05) is 0 Å². The van der Waals surface area contributed by atoms with Gasteiger partial charge in [-0.3, -0.25) is 4.79 Å². The van der Waals surface area contributed by atoms with Crippen molar-refractivity contribution in [3.8, 4) is 0 Å². The molecule has 1 unspecified atom stereocenters. The van der Waals surface area contributed by atoms with Crippen molar-refractivity contribution in [2.75, 3.05) is 11.9 Å². The zero-order chi connectivity index (χ0) is 16.9. The van der Waals surface area contributed by atoms with Gasteiger partial charge in [0.1, 0.15) is 0 Å². The molecule has 1 aliphatic rings. The summed E-state index contributed by atoms with van der Waals surface area (Å²) in [6.07, 6.45) is 4.52. The normalized spacial score (nSPS) is 16.3. The van der Waals surface area contributed by atoms with Gasteiger partial charge in [0.2, 0.25) is 15.9 Å². The Labute approximate surface area is 137 Å². The van der Waals surface area contributed by atoms with E-state index in [0.29, 0.717) is 18.5 Å². The molecule has 4 N–H and O–H groups in total. The maximum absolute atomic E-state index is 12.5. The van der Waals surface area contributed by atoms with E-state index in [9.17, 15) is 13.2 Å². The Kier molecular flexibility index (Phi) is 6.15. The van der Waals surface area contributed by atoms with Crippen molar-refractivity contribution in [1.82, 2.24) is 4.72 Å². The zero-order valence-electron chi connectivity index (χ0n) is 13.5. The number of unbranched alkanes of at least 4 members (excludes halogenated alkanes) is 1. The number of hydrogen-bond acceptors (Lipinski definition) is 4. The van der Waals surface area contributed by atoms with Gasteiger partial charge in [-0.15, -0.1) is 0 Å². The van der Waals surface area contributed by atoms with E-state index < -0.39 is 10.0 Å². The molecule has 0 fully saturated rings. The van der Waals surface area contributed by atoms with E-state index in [4.69, 9.17) is 5.73 Å². The molecule has 0 saturated heterocycles. The first-order chi connectivity index (χ1) is 11.0. The number of carbonyl (C=O) groups excluding carboxylic acids is 1. The van der Waals surface area contributed by atoms with Crippen molar-refractivity contribution in [2.45, 2.75) is 56.4 Å². The number of amides is 1. The first kappa shape index (κ1) is 17.9. The summed E-state index contributed by atoms with van der Waals surface area (Å²) in [5, 5.41) is 2.81. The van der Waals surface area contributed by atoms with Crippen molar-refractivity contribution in [3.63, 3.8) is 0 Å². The Morgan fingerprint density at radius 1 is 1.35 bits per heavy atom. The molecule has 1 heterocycles. The van der Waals surface area contributed by atoms with Gasteiger partial charge in [-0.25, -0.2) is 13.1 Å². The fourth-order valence-corrected chi connectivity index (χ4v) is 4.01. The molecule has 128 valence electrons. The number of fused-ring (bicyclic) bond motifs is 1. The molecule has 23 heavy (non-hydrogen) atoms. The van der Waals surface area contributed by atoms with Crippen LogP contribution in [0.2, 0.25) is 0 Å². The van der Waals surface area contributed by atoms with Gasteiger partial charge in [0, 0.05) is 24.7 Å². The number of hydrogen-bond donors (Lipinski definition) is 3. The van der Waals surface area contributed by atoms with Crippen LogP contribution in [0.4, 0.5) is 5.69 Å². The second-order valence-electron chi connectivity index (χ2n) is 5.92. The summed E-state index contributed by atoms with van der Waals surface area (Å²) in [4.78, 5) is 11.8. The van der Waals surface area contributed by atoms with Gasteiger partial charge in [-0.1, -0.05) is 19.8 Å². The second kappa shape index (κ2) is 7.90. The Hall–Kier alpha value is -1.44. The summed E-state index contributed by atoms with van der Waals surface area (Å²) in [7, 11) is -3.60. The monoisotopic (exact) mass is 339 g/mol. The third-order valence-corrected chi connectivity index (χ3v) is 5.54. The number of nitrogens with one attached hydrogen (secondary N) is 2. The zero-order valence-corrected chi connectivity index (χ0v) is 14.3. The fourth-order valence-electron chi connectivity index (χ4n) is 2.68. The lowest BCUT2D eigenvalue weighted by molar-refractivity contribution is -0.116. The third kappa shape index (κ3) is 4.76. The van der Waals surface area contributed by atoms with Crippen molar-refractivity contribution >= 4 is 21.6 Å². The van der Waals surface area contributed by atoms with Gasteiger partial charge >= 0.3 is 0 Å². The van der Waals surface area contributed by atoms with Crippen LogP contribution in [0.25, 0.3) is 0 Å². The molecule has 0 spiro atoms.